The van der Waals surface area contributed by atoms with E-state index in [1.807, 2.05) is 0 Å². The first-order chi connectivity index (χ1) is 14.7. The molecule has 0 saturated heterocycles. The maximum Gasteiger partial charge on any atom is -0.0233 e. The Bertz CT molecular complexity index is 464. The highest BCUT2D eigenvalue weighted by molar-refractivity contribution is 4.91. The zero-order valence-electron chi connectivity index (χ0n) is 20.7. The predicted molar refractivity (Wildman–Crippen MR) is 138 cm³/mol. The van der Waals surface area contributed by atoms with E-state index >= 15 is 0 Å². The Labute approximate surface area is 190 Å². The average Bonchev–Trinajstić information content (AvgIpc) is 2.79. The molecule has 0 aromatic rings. The van der Waals surface area contributed by atoms with E-state index in [4.69, 9.17) is 0 Å². The molecular weight excluding hydrogens is 360 g/mol. The Morgan fingerprint density at radius 1 is 0.633 bits per heavy atom. The summed E-state index contributed by atoms with van der Waals surface area (Å²) in [4.78, 5) is 0. The molecule has 0 radical (unpaired) electrons. The first-order valence-corrected chi connectivity index (χ1v) is 13.2. The number of hydrogen-bond donors (Lipinski definition) is 0. The van der Waals surface area contributed by atoms with E-state index in [9.17, 15) is 0 Å². The summed E-state index contributed by atoms with van der Waals surface area (Å²) in [6.07, 6.45) is 36.7. The van der Waals surface area contributed by atoms with E-state index in [0.717, 1.165) is 23.7 Å². The van der Waals surface area contributed by atoms with Gasteiger partial charge in [0.15, 0.2) is 0 Å². The molecule has 0 spiro atoms. The van der Waals surface area contributed by atoms with Crippen LogP contribution < -0.4 is 0 Å². The van der Waals surface area contributed by atoms with Gasteiger partial charge in [-0.15, -0.1) is 6.58 Å². The maximum atomic E-state index is 3.80. The van der Waals surface area contributed by atoms with Crippen LogP contribution in [-0.4, -0.2) is 0 Å². The lowest BCUT2D eigenvalue weighted by Crippen LogP contribution is -2.14. The zero-order chi connectivity index (χ0) is 21.9. The topological polar surface area (TPSA) is 0 Å². The highest BCUT2D eigenvalue weighted by atomic mass is 14.3. The number of allylic oxidation sites excluding steroid dienone is 7. The fourth-order valence-corrected chi connectivity index (χ4v) is 5.16. The van der Waals surface area contributed by atoms with Crippen LogP contribution in [0.5, 0.6) is 0 Å². The summed E-state index contributed by atoms with van der Waals surface area (Å²) < 4.78 is 0. The van der Waals surface area contributed by atoms with Crippen molar-refractivity contribution in [3.8, 4) is 0 Å². The number of hydrogen-bond acceptors (Lipinski definition) is 0. The Morgan fingerprint density at radius 2 is 1.07 bits per heavy atom. The van der Waals surface area contributed by atoms with Crippen LogP contribution in [0.15, 0.2) is 49.1 Å². The Kier molecular flexibility index (Phi) is 16.8. The normalized spacial score (nSPS) is 27.4. The van der Waals surface area contributed by atoms with Gasteiger partial charge in [0.25, 0.3) is 0 Å². The highest BCUT2D eigenvalue weighted by Crippen LogP contribution is 2.34. The first-order valence-electron chi connectivity index (χ1n) is 13.2. The van der Waals surface area contributed by atoms with E-state index < -0.39 is 0 Å². The van der Waals surface area contributed by atoms with E-state index in [-0.39, 0.29) is 0 Å². The van der Waals surface area contributed by atoms with Crippen LogP contribution >= 0.6 is 0 Å². The van der Waals surface area contributed by atoms with Crippen LogP contribution in [0.3, 0.4) is 0 Å². The summed E-state index contributed by atoms with van der Waals surface area (Å²) in [7, 11) is 0. The molecule has 30 heavy (non-hydrogen) atoms. The van der Waals surface area contributed by atoms with E-state index in [0.29, 0.717) is 0 Å². The van der Waals surface area contributed by atoms with Crippen molar-refractivity contribution in [1.29, 1.82) is 0 Å². The van der Waals surface area contributed by atoms with Crippen molar-refractivity contribution in [3.05, 3.63) is 49.1 Å². The van der Waals surface area contributed by atoms with E-state index in [1.54, 1.807) is 0 Å². The molecule has 2 rings (SSSR count). The molecule has 0 nitrogen and oxygen atoms in total. The second-order valence-electron chi connectivity index (χ2n) is 9.66. The van der Waals surface area contributed by atoms with Crippen molar-refractivity contribution < 1.29 is 0 Å². The predicted octanol–water partition coefficient (Wildman–Crippen LogP) is 10.2. The van der Waals surface area contributed by atoms with Gasteiger partial charge in [0, 0.05) is 0 Å². The fraction of sp³-hybridized carbons (Fsp3) is 0.733. The van der Waals surface area contributed by atoms with Crippen molar-refractivity contribution in [2.45, 2.75) is 117 Å². The molecule has 2 aliphatic rings. The highest BCUT2D eigenvalue weighted by Gasteiger charge is 2.20. The molecule has 0 N–H and O–H groups in total. The largest absolute Gasteiger partial charge is 0.103 e. The standard InChI is InChI=1S/2C15H26/c2*1-3-5-7-9-15-12-10-14(11-13-15)8-6-4-2/h3,5-6,8,14-15H,4,7,9-13H2,1-2H3;3-5,14-15H,2,6-13H2,1H3/b5-3+,8-6+;5-3+. The fourth-order valence-electron chi connectivity index (χ4n) is 5.16. The quantitative estimate of drug-likeness (QED) is 0.296. The Morgan fingerprint density at radius 3 is 1.47 bits per heavy atom. The van der Waals surface area contributed by atoms with Crippen LogP contribution in [-0.2, 0) is 0 Å². The number of rotatable bonds is 11. The van der Waals surface area contributed by atoms with Crippen LogP contribution in [0.25, 0.3) is 0 Å². The van der Waals surface area contributed by atoms with Crippen molar-refractivity contribution >= 4 is 0 Å². The molecule has 0 heteroatoms. The van der Waals surface area contributed by atoms with Crippen molar-refractivity contribution in [2.75, 3.05) is 0 Å². The lowest BCUT2D eigenvalue weighted by Gasteiger charge is -2.28. The van der Waals surface area contributed by atoms with Gasteiger partial charge in [0.2, 0.25) is 0 Å². The Balaban J connectivity index is 0.000000300. The minimum Gasteiger partial charge on any atom is -0.103 e. The summed E-state index contributed by atoms with van der Waals surface area (Å²) in [5.41, 5.74) is 0. The summed E-state index contributed by atoms with van der Waals surface area (Å²) in [6.45, 7) is 10.3. The lowest BCUT2D eigenvalue weighted by atomic mass is 9.78. The van der Waals surface area contributed by atoms with E-state index in [2.05, 4.69) is 69.9 Å². The van der Waals surface area contributed by atoms with Crippen molar-refractivity contribution in [3.63, 3.8) is 0 Å². The SMILES string of the molecule is C/C=C/CCC1CCC(/C=C/CC)CC1.C=CCCC1CCC(CC/C=C/C)CC1. The van der Waals surface area contributed by atoms with E-state index in [1.165, 1.54) is 96.3 Å². The molecule has 0 unspecified atom stereocenters. The summed E-state index contributed by atoms with van der Waals surface area (Å²) >= 11 is 0. The third-order valence-corrected chi connectivity index (χ3v) is 7.24. The minimum atomic E-state index is 0.892. The smallest absolute Gasteiger partial charge is 0.0233 e. The van der Waals surface area contributed by atoms with Gasteiger partial charge in [0.1, 0.15) is 0 Å². The van der Waals surface area contributed by atoms with Gasteiger partial charge < -0.3 is 0 Å². The second-order valence-corrected chi connectivity index (χ2v) is 9.66. The molecule has 0 heterocycles. The maximum absolute atomic E-state index is 3.80. The molecule has 172 valence electrons. The van der Waals surface area contributed by atoms with Gasteiger partial charge in [-0.3, -0.25) is 0 Å². The van der Waals surface area contributed by atoms with Gasteiger partial charge >= 0.3 is 0 Å². The van der Waals surface area contributed by atoms with Crippen LogP contribution in [0, 0.1) is 23.7 Å². The van der Waals surface area contributed by atoms with Crippen LogP contribution in [0.4, 0.5) is 0 Å². The second kappa shape index (κ2) is 18.7. The van der Waals surface area contributed by atoms with Crippen LogP contribution in [0.1, 0.15) is 117 Å². The minimum absolute atomic E-state index is 0.892. The van der Waals surface area contributed by atoms with Crippen molar-refractivity contribution in [1.82, 2.24) is 0 Å². The molecule has 2 saturated carbocycles. The third kappa shape index (κ3) is 13.3. The third-order valence-electron chi connectivity index (χ3n) is 7.24. The van der Waals surface area contributed by atoms with Gasteiger partial charge in [-0.2, -0.15) is 0 Å². The summed E-state index contributed by atoms with van der Waals surface area (Å²) in [5, 5.41) is 0. The summed E-state index contributed by atoms with van der Waals surface area (Å²) in [6, 6.07) is 0. The van der Waals surface area contributed by atoms with Gasteiger partial charge in [-0.05, 0) is 108 Å². The summed E-state index contributed by atoms with van der Waals surface area (Å²) in [5.74, 6) is 3.91. The van der Waals surface area contributed by atoms with Gasteiger partial charge in [-0.25, -0.2) is 0 Å². The molecule has 2 fully saturated rings. The monoisotopic (exact) mass is 412 g/mol. The first kappa shape index (κ1) is 27.0. The van der Waals surface area contributed by atoms with Crippen molar-refractivity contribution in [2.24, 2.45) is 23.7 Å². The molecule has 2 aliphatic carbocycles. The van der Waals surface area contributed by atoms with Gasteiger partial charge in [0.05, 0.1) is 0 Å². The molecule has 0 bridgehead atoms. The molecule has 0 aromatic heterocycles. The molecule has 0 aliphatic heterocycles. The molecule has 0 amide bonds. The molecular formula is C30H52. The average molecular weight is 413 g/mol. The Hall–Kier alpha value is -1.04. The molecule has 0 aromatic carbocycles. The lowest BCUT2D eigenvalue weighted by molar-refractivity contribution is 0.255. The zero-order valence-corrected chi connectivity index (χ0v) is 20.7. The van der Waals surface area contributed by atoms with Gasteiger partial charge in [-0.1, -0.05) is 75.1 Å². The van der Waals surface area contributed by atoms with Crippen LogP contribution in [0.2, 0.25) is 0 Å². The molecule has 0 atom stereocenters.